The van der Waals surface area contributed by atoms with Crippen molar-refractivity contribution in [2.45, 2.75) is 0 Å². The lowest BCUT2D eigenvalue weighted by Crippen LogP contribution is -2.11. The van der Waals surface area contributed by atoms with Crippen molar-refractivity contribution in [1.82, 2.24) is 9.97 Å². The largest absolute Gasteiger partial charge is 0.377 e. The lowest BCUT2D eigenvalue weighted by Gasteiger charge is -2.23. The Morgan fingerprint density at radius 3 is 1.02 bits per heavy atom. The second-order valence-corrected chi connectivity index (χ2v) is 15.6. The first kappa shape index (κ1) is 36.6. The van der Waals surface area contributed by atoms with Gasteiger partial charge in [0.25, 0.3) is 0 Å². The van der Waals surface area contributed by atoms with Crippen LogP contribution >= 0.6 is 0 Å². The van der Waals surface area contributed by atoms with Crippen molar-refractivity contribution in [2.75, 3.05) is 48.6 Å². The first-order chi connectivity index (χ1) is 29.4. The van der Waals surface area contributed by atoms with E-state index in [-0.39, 0.29) is 0 Å². The third-order valence-corrected chi connectivity index (χ3v) is 11.4. The molecule has 0 atom stereocenters. The van der Waals surface area contributed by atoms with Gasteiger partial charge in [-0.05, 0) is 91.6 Å². The molecule has 0 radical (unpaired) electrons. The zero-order chi connectivity index (χ0) is 40.7. The molecule has 6 nitrogen and oxygen atoms in total. The van der Waals surface area contributed by atoms with Crippen LogP contribution in [0, 0.1) is 0 Å². The van der Waals surface area contributed by atoms with E-state index in [0.29, 0.717) is 0 Å². The van der Waals surface area contributed by atoms with Gasteiger partial charge in [-0.2, -0.15) is 0 Å². The van der Waals surface area contributed by atoms with Gasteiger partial charge in [0, 0.05) is 73.2 Å². The van der Waals surface area contributed by atoms with E-state index in [4.69, 9.17) is 9.97 Å². The Labute approximate surface area is 350 Å². The number of anilines is 6. The summed E-state index contributed by atoms with van der Waals surface area (Å²) in [6, 6.07) is 64.2. The summed E-state index contributed by atoms with van der Waals surface area (Å²) in [4.78, 5) is 14.7. The molecule has 0 unspecified atom stereocenters. The zero-order valence-corrected chi connectivity index (χ0v) is 34.1. The molecule has 2 heterocycles. The molecular formula is C54H44N6. The summed E-state index contributed by atoms with van der Waals surface area (Å²) < 4.78 is 0. The minimum Gasteiger partial charge on any atom is -0.377 e. The highest BCUT2D eigenvalue weighted by Gasteiger charge is 2.21. The molecule has 290 valence electrons. The van der Waals surface area contributed by atoms with Gasteiger partial charge >= 0.3 is 0 Å². The summed E-state index contributed by atoms with van der Waals surface area (Å²) >= 11 is 0. The van der Waals surface area contributed by atoms with Crippen molar-refractivity contribution < 1.29 is 0 Å². The van der Waals surface area contributed by atoms with E-state index >= 15 is 0 Å². The molecule has 0 aliphatic carbocycles. The maximum atomic E-state index is 5.18. The van der Waals surface area contributed by atoms with Crippen molar-refractivity contribution in [1.29, 1.82) is 0 Å². The molecule has 6 heteroatoms. The monoisotopic (exact) mass is 776 g/mol. The molecule has 0 aliphatic heterocycles. The van der Waals surface area contributed by atoms with E-state index in [1.807, 2.05) is 36.4 Å². The van der Waals surface area contributed by atoms with Crippen LogP contribution in [0.5, 0.6) is 0 Å². The normalized spacial score (nSPS) is 11.3. The molecule has 0 bridgehead atoms. The molecule has 0 saturated heterocycles. The number of nitrogens with zero attached hydrogens (tertiary/aromatic N) is 4. The Balaban J connectivity index is 1.05. The van der Waals surface area contributed by atoms with Gasteiger partial charge < -0.3 is 20.4 Å². The standard InChI is InChI=1S/C54H44N6/c1-59(2)47-33-29-37-17-7-11-21-41(37)53(47)51-39-19-9-5-15-35(39)27-31-45(51)57-49-25-13-23-43(55-49)44-24-14-26-50(56-44)58-46-32-28-36-16-6-10-20-40(36)52(46)54-42-22-12-8-18-38(42)30-34-48(54)60(3)4/h5-34H,1-4H3,(H,55,57)(H,56,58). The fraction of sp³-hybridized carbons (Fsp3) is 0.0741. The average molecular weight is 777 g/mol. The maximum absolute atomic E-state index is 5.18. The fourth-order valence-electron chi connectivity index (χ4n) is 8.65. The van der Waals surface area contributed by atoms with Gasteiger partial charge in [-0.1, -0.05) is 133 Å². The fourth-order valence-corrected chi connectivity index (χ4v) is 8.65. The van der Waals surface area contributed by atoms with Gasteiger partial charge in [0.1, 0.15) is 11.6 Å². The number of pyridine rings is 2. The van der Waals surface area contributed by atoms with E-state index in [0.717, 1.165) is 56.9 Å². The predicted octanol–water partition coefficient (Wildman–Crippen LogP) is 13.7. The first-order valence-electron chi connectivity index (χ1n) is 20.3. The van der Waals surface area contributed by atoms with Crippen LogP contribution in [0.25, 0.3) is 76.7 Å². The third-order valence-electron chi connectivity index (χ3n) is 11.4. The summed E-state index contributed by atoms with van der Waals surface area (Å²) in [5, 5.41) is 17.0. The van der Waals surface area contributed by atoms with Crippen LogP contribution in [0.15, 0.2) is 182 Å². The van der Waals surface area contributed by atoms with Gasteiger partial charge in [-0.15, -0.1) is 0 Å². The number of rotatable bonds is 9. The Bertz CT molecular complexity index is 3020. The summed E-state index contributed by atoms with van der Waals surface area (Å²) in [6.07, 6.45) is 0. The first-order valence-corrected chi connectivity index (χ1v) is 20.3. The number of benzene rings is 8. The quantitative estimate of drug-likeness (QED) is 0.152. The second-order valence-electron chi connectivity index (χ2n) is 15.6. The van der Waals surface area contributed by atoms with Crippen LogP contribution in [-0.2, 0) is 0 Å². The summed E-state index contributed by atoms with van der Waals surface area (Å²) in [6.45, 7) is 0. The number of aromatic nitrogens is 2. The molecule has 0 saturated carbocycles. The van der Waals surface area contributed by atoms with Crippen LogP contribution in [0.3, 0.4) is 0 Å². The summed E-state index contributed by atoms with van der Waals surface area (Å²) in [5.74, 6) is 1.47. The maximum Gasteiger partial charge on any atom is 0.131 e. The topological polar surface area (TPSA) is 56.3 Å². The second kappa shape index (κ2) is 15.2. The van der Waals surface area contributed by atoms with Gasteiger partial charge in [0.2, 0.25) is 0 Å². The molecule has 0 amide bonds. The summed E-state index contributed by atoms with van der Waals surface area (Å²) in [5.41, 5.74) is 10.4. The van der Waals surface area contributed by atoms with Crippen LogP contribution in [0.2, 0.25) is 0 Å². The van der Waals surface area contributed by atoms with Crippen LogP contribution < -0.4 is 20.4 Å². The predicted molar refractivity (Wildman–Crippen MR) is 256 cm³/mol. The zero-order valence-electron chi connectivity index (χ0n) is 34.1. The van der Waals surface area contributed by atoms with Crippen LogP contribution in [0.1, 0.15) is 0 Å². The number of hydrogen-bond acceptors (Lipinski definition) is 6. The molecule has 8 aromatic carbocycles. The van der Waals surface area contributed by atoms with E-state index in [1.165, 1.54) is 54.2 Å². The van der Waals surface area contributed by atoms with E-state index < -0.39 is 0 Å². The molecule has 0 spiro atoms. The Morgan fingerprint density at radius 2 is 0.650 bits per heavy atom. The molecule has 2 aromatic heterocycles. The lowest BCUT2D eigenvalue weighted by atomic mass is 9.90. The van der Waals surface area contributed by atoms with Gasteiger partial charge in [0.15, 0.2) is 0 Å². The highest BCUT2D eigenvalue weighted by Crippen LogP contribution is 2.47. The Morgan fingerprint density at radius 1 is 0.317 bits per heavy atom. The van der Waals surface area contributed by atoms with E-state index in [2.05, 4.69) is 194 Å². The lowest BCUT2D eigenvalue weighted by molar-refractivity contribution is 1.14. The molecule has 0 fully saturated rings. The van der Waals surface area contributed by atoms with Gasteiger partial charge in [0.05, 0.1) is 11.4 Å². The minimum atomic E-state index is 0.736. The highest BCUT2D eigenvalue weighted by molar-refractivity contribution is 6.15. The van der Waals surface area contributed by atoms with E-state index in [9.17, 15) is 0 Å². The molecule has 0 aliphatic rings. The Kier molecular flexibility index (Phi) is 9.30. The van der Waals surface area contributed by atoms with Crippen LogP contribution in [-0.4, -0.2) is 38.2 Å². The molecular weight excluding hydrogens is 733 g/mol. The van der Waals surface area contributed by atoms with Crippen molar-refractivity contribution in [3.63, 3.8) is 0 Å². The van der Waals surface area contributed by atoms with Crippen molar-refractivity contribution >= 4 is 77.5 Å². The van der Waals surface area contributed by atoms with Crippen LogP contribution in [0.4, 0.5) is 34.4 Å². The minimum absolute atomic E-state index is 0.736. The van der Waals surface area contributed by atoms with E-state index in [1.54, 1.807) is 0 Å². The van der Waals surface area contributed by atoms with Crippen molar-refractivity contribution in [3.05, 3.63) is 182 Å². The smallest absolute Gasteiger partial charge is 0.131 e. The SMILES string of the molecule is CN(C)c1ccc2ccccc2c1-c1c(Nc2cccc(-c3cccc(Nc4ccc5ccccc5c4-c4c(N(C)C)ccc5ccccc45)n3)n2)ccc2ccccc12. The molecule has 10 aromatic rings. The highest BCUT2D eigenvalue weighted by atomic mass is 15.1. The molecule has 60 heavy (non-hydrogen) atoms. The van der Waals surface area contributed by atoms with Gasteiger partial charge in [-0.3, -0.25) is 0 Å². The molecule has 2 N–H and O–H groups in total. The Hall–Kier alpha value is -7.70. The van der Waals surface area contributed by atoms with Gasteiger partial charge in [-0.25, -0.2) is 9.97 Å². The van der Waals surface area contributed by atoms with Crippen molar-refractivity contribution in [3.8, 4) is 33.6 Å². The third kappa shape index (κ3) is 6.58. The number of nitrogens with one attached hydrogen (secondary N) is 2. The summed E-state index contributed by atoms with van der Waals surface area (Å²) in [7, 11) is 8.44. The average Bonchev–Trinajstić information content (AvgIpc) is 3.28. The molecule has 10 rings (SSSR count). The van der Waals surface area contributed by atoms with Crippen molar-refractivity contribution in [2.24, 2.45) is 0 Å². The number of hydrogen-bond donors (Lipinski definition) is 2. The number of fused-ring (bicyclic) bond motifs is 4.